The number of nitrogens with zero attached hydrogens (tertiary/aromatic N) is 3. The Labute approximate surface area is 93.5 Å². The van der Waals surface area contributed by atoms with Gasteiger partial charge < -0.3 is 9.74 Å². The Morgan fingerprint density at radius 3 is 2.40 bits per heavy atom. The van der Waals surface area contributed by atoms with Crippen LogP contribution >= 0.6 is 0 Å². The maximum atomic E-state index is 8.36. The predicted molar refractivity (Wildman–Crippen MR) is 62.3 cm³/mol. The van der Waals surface area contributed by atoms with Crippen LogP contribution in [0.3, 0.4) is 0 Å². The normalized spacial score (nSPS) is 9.87. The van der Waals surface area contributed by atoms with Crippen LogP contribution in [0.1, 0.15) is 38.5 Å². The molecular formula is C12H21N3. The number of hydrogen-bond donors (Lipinski definition) is 0. The third-order valence-corrected chi connectivity index (χ3v) is 2.39. The van der Waals surface area contributed by atoms with Crippen LogP contribution in [0.5, 0.6) is 0 Å². The highest BCUT2D eigenvalue weighted by Gasteiger charge is 1.98. The van der Waals surface area contributed by atoms with Gasteiger partial charge in [0.2, 0.25) is 6.54 Å². The van der Waals surface area contributed by atoms with E-state index in [0.717, 1.165) is 38.8 Å². The van der Waals surface area contributed by atoms with Crippen LogP contribution in [0.15, 0.2) is 0 Å². The monoisotopic (exact) mass is 207 g/mol. The summed E-state index contributed by atoms with van der Waals surface area (Å²) in [4.78, 5) is 5.65. The summed E-state index contributed by atoms with van der Waals surface area (Å²) in [5, 5.41) is 8.36. The Balaban J connectivity index is 3.16. The van der Waals surface area contributed by atoms with Crippen LogP contribution in [-0.4, -0.2) is 31.6 Å². The van der Waals surface area contributed by atoms with Gasteiger partial charge in [0.25, 0.3) is 0 Å². The fraction of sp³-hybridized carbons (Fsp3) is 0.833. The molecule has 0 radical (unpaired) electrons. The molecular weight excluding hydrogens is 186 g/mol. The molecule has 0 N–H and O–H groups in total. The molecule has 0 aliphatic carbocycles. The van der Waals surface area contributed by atoms with Crippen molar-refractivity contribution >= 4 is 0 Å². The van der Waals surface area contributed by atoms with Crippen LogP contribution in [0, 0.1) is 17.9 Å². The van der Waals surface area contributed by atoms with Gasteiger partial charge in [-0.15, -0.1) is 0 Å². The van der Waals surface area contributed by atoms with Crippen molar-refractivity contribution in [3.63, 3.8) is 0 Å². The van der Waals surface area contributed by atoms with Crippen molar-refractivity contribution < 1.29 is 0 Å². The summed E-state index contributed by atoms with van der Waals surface area (Å²) in [5.41, 5.74) is 0. The van der Waals surface area contributed by atoms with Crippen molar-refractivity contribution in [3.8, 4) is 6.07 Å². The topological polar surface area (TPSA) is 31.4 Å². The van der Waals surface area contributed by atoms with Gasteiger partial charge in [0.05, 0.1) is 6.07 Å². The van der Waals surface area contributed by atoms with Crippen molar-refractivity contribution in [2.24, 2.45) is 0 Å². The third kappa shape index (κ3) is 10.9. The zero-order chi connectivity index (χ0) is 11.4. The molecule has 0 aromatic carbocycles. The summed E-state index contributed by atoms with van der Waals surface area (Å²) >= 11 is 0. The first-order valence-corrected chi connectivity index (χ1v) is 5.70. The average Bonchev–Trinajstić information content (AvgIpc) is 2.24. The van der Waals surface area contributed by atoms with E-state index in [2.05, 4.69) is 22.9 Å². The lowest BCUT2D eigenvalue weighted by molar-refractivity contribution is 0.319. The van der Waals surface area contributed by atoms with Gasteiger partial charge >= 0.3 is 0 Å². The lowest BCUT2D eigenvalue weighted by Gasteiger charge is -2.15. The van der Waals surface area contributed by atoms with E-state index in [1.165, 1.54) is 6.42 Å². The van der Waals surface area contributed by atoms with E-state index in [1.54, 1.807) is 0 Å². The van der Waals surface area contributed by atoms with Crippen molar-refractivity contribution in [1.82, 2.24) is 4.90 Å². The van der Waals surface area contributed by atoms with E-state index in [4.69, 9.17) is 11.8 Å². The van der Waals surface area contributed by atoms with Crippen LogP contribution < -0.4 is 0 Å². The molecule has 0 rings (SSSR count). The van der Waals surface area contributed by atoms with Gasteiger partial charge in [-0.2, -0.15) is 5.26 Å². The fourth-order valence-corrected chi connectivity index (χ4v) is 1.45. The van der Waals surface area contributed by atoms with Gasteiger partial charge in [0, 0.05) is 12.8 Å². The first-order chi connectivity index (χ1) is 7.31. The molecule has 0 saturated carbocycles. The Bertz CT molecular complexity index is 212. The second-order valence-corrected chi connectivity index (χ2v) is 3.86. The molecule has 0 saturated heterocycles. The maximum Gasteiger partial charge on any atom is 0.214 e. The van der Waals surface area contributed by atoms with E-state index in [0.29, 0.717) is 13.0 Å². The zero-order valence-corrected chi connectivity index (χ0v) is 9.71. The van der Waals surface area contributed by atoms with Gasteiger partial charge in [-0.1, -0.05) is 6.42 Å². The minimum Gasteiger partial charge on any atom is -0.317 e. The van der Waals surface area contributed by atoms with Crippen LogP contribution in [-0.2, 0) is 0 Å². The summed E-state index contributed by atoms with van der Waals surface area (Å²) in [5.74, 6) is 0. The number of hydrogen-bond acceptors (Lipinski definition) is 2. The SMILES string of the molecule is [C-]#[N+]CCCCN(C)CCCCCC#N. The van der Waals surface area contributed by atoms with E-state index < -0.39 is 0 Å². The van der Waals surface area contributed by atoms with Crippen LogP contribution in [0.2, 0.25) is 0 Å². The molecule has 3 nitrogen and oxygen atoms in total. The highest BCUT2D eigenvalue weighted by Crippen LogP contribution is 2.01. The van der Waals surface area contributed by atoms with E-state index in [1.807, 2.05) is 0 Å². The lowest BCUT2D eigenvalue weighted by Crippen LogP contribution is -2.20. The Hall–Kier alpha value is -1.06. The first kappa shape index (κ1) is 13.9. The second kappa shape index (κ2) is 11.0. The molecule has 0 unspecified atom stereocenters. The number of rotatable bonds is 9. The third-order valence-electron chi connectivity index (χ3n) is 2.39. The van der Waals surface area contributed by atoms with Gasteiger partial charge in [0.15, 0.2) is 0 Å². The molecule has 84 valence electrons. The molecule has 0 heterocycles. The van der Waals surface area contributed by atoms with Gasteiger partial charge in [-0.25, -0.2) is 6.57 Å². The van der Waals surface area contributed by atoms with Crippen LogP contribution in [0.4, 0.5) is 0 Å². The van der Waals surface area contributed by atoms with Gasteiger partial charge in [-0.3, -0.25) is 0 Å². The molecule has 0 spiro atoms. The van der Waals surface area contributed by atoms with Crippen molar-refractivity contribution in [3.05, 3.63) is 11.4 Å². The van der Waals surface area contributed by atoms with E-state index in [-0.39, 0.29) is 0 Å². The van der Waals surface area contributed by atoms with Crippen molar-refractivity contribution in [2.45, 2.75) is 38.5 Å². The Morgan fingerprint density at radius 2 is 1.80 bits per heavy atom. The second-order valence-electron chi connectivity index (χ2n) is 3.86. The fourth-order valence-electron chi connectivity index (χ4n) is 1.45. The number of nitriles is 1. The minimum atomic E-state index is 0.663. The predicted octanol–water partition coefficient (Wildman–Crippen LogP) is 2.70. The summed E-state index contributed by atoms with van der Waals surface area (Å²) in [6.45, 7) is 9.52. The van der Waals surface area contributed by atoms with E-state index in [9.17, 15) is 0 Å². The molecule has 0 aromatic rings. The highest BCUT2D eigenvalue weighted by molar-refractivity contribution is 4.68. The summed E-state index contributed by atoms with van der Waals surface area (Å²) < 4.78 is 0. The molecule has 0 bridgehead atoms. The first-order valence-electron chi connectivity index (χ1n) is 5.70. The standard InChI is InChI=1S/C12H21N3/c1-14-10-6-8-12-15(2)11-7-4-3-5-9-13/h3-8,10-12H2,2H3. The number of unbranched alkanes of at least 4 members (excludes halogenated alkanes) is 4. The molecule has 0 aliphatic heterocycles. The molecule has 0 aromatic heterocycles. The lowest BCUT2D eigenvalue weighted by atomic mass is 10.2. The average molecular weight is 207 g/mol. The molecule has 0 fully saturated rings. The van der Waals surface area contributed by atoms with Crippen molar-refractivity contribution in [2.75, 3.05) is 26.7 Å². The minimum absolute atomic E-state index is 0.663. The molecule has 0 aliphatic rings. The van der Waals surface area contributed by atoms with Crippen molar-refractivity contribution in [1.29, 1.82) is 5.26 Å². The van der Waals surface area contributed by atoms with Crippen LogP contribution in [0.25, 0.3) is 4.85 Å². The van der Waals surface area contributed by atoms with E-state index >= 15 is 0 Å². The largest absolute Gasteiger partial charge is 0.317 e. The highest BCUT2D eigenvalue weighted by atomic mass is 15.1. The summed E-state index contributed by atoms with van der Waals surface area (Å²) in [7, 11) is 2.13. The quantitative estimate of drug-likeness (QED) is 0.430. The van der Waals surface area contributed by atoms with Gasteiger partial charge in [-0.05, 0) is 39.4 Å². The van der Waals surface area contributed by atoms with Gasteiger partial charge in [0.1, 0.15) is 0 Å². The summed E-state index contributed by atoms with van der Waals surface area (Å²) in [6.07, 6.45) is 6.19. The molecule has 15 heavy (non-hydrogen) atoms. The Morgan fingerprint density at radius 1 is 1.13 bits per heavy atom. The molecule has 0 atom stereocenters. The zero-order valence-electron chi connectivity index (χ0n) is 9.71. The smallest absolute Gasteiger partial charge is 0.214 e. The maximum absolute atomic E-state index is 8.36. The molecule has 3 heteroatoms. The summed E-state index contributed by atoms with van der Waals surface area (Å²) in [6, 6.07) is 2.16. The molecule has 0 amide bonds. The Kier molecular flexibility index (Phi) is 10.2.